The smallest absolute Gasteiger partial charge is 0.114 e. The van der Waals surface area contributed by atoms with Crippen LogP contribution in [-0.2, 0) is 53.8 Å². The molecule has 0 aromatic heterocycles. The highest BCUT2D eigenvalue weighted by Crippen LogP contribution is 2.70. The first-order chi connectivity index (χ1) is 41.2. The van der Waals surface area contributed by atoms with Gasteiger partial charge in [-0.2, -0.15) is 0 Å². The minimum Gasteiger partial charge on any atom is -0.377 e. The third-order valence-corrected chi connectivity index (χ3v) is 21.2. The van der Waals surface area contributed by atoms with E-state index in [0.29, 0.717) is 84.3 Å². The normalized spacial score (nSPS) is 40.6. The molecule has 9 aliphatic carbocycles. The minimum absolute atomic E-state index is 0.270. The highest BCUT2D eigenvalue weighted by Gasteiger charge is 2.72. The first kappa shape index (κ1) is 63.1. The van der Waals surface area contributed by atoms with E-state index in [1.807, 2.05) is 18.2 Å². The lowest BCUT2D eigenvalue weighted by Gasteiger charge is -2.57. The summed E-state index contributed by atoms with van der Waals surface area (Å²) in [5, 5.41) is 0. The molecule has 20 unspecified atom stereocenters. The van der Waals surface area contributed by atoms with Gasteiger partial charge in [0.05, 0.1) is 106 Å². The number of ether oxygens (including phenoxy) is 10. The molecule has 22 rings (SSSR count). The third kappa shape index (κ3) is 18.3. The Labute approximate surface area is 511 Å². The van der Waals surface area contributed by atoms with E-state index in [2.05, 4.69) is 152 Å². The van der Waals surface area contributed by atoms with Crippen LogP contribution in [0.3, 0.4) is 0 Å². The van der Waals surface area contributed by atoms with Crippen LogP contribution >= 0.6 is 0 Å². The van der Waals surface area contributed by atoms with Gasteiger partial charge >= 0.3 is 0 Å². The number of rotatable bonds is 5. The van der Waals surface area contributed by atoms with Crippen molar-refractivity contribution in [3.05, 3.63) is 138 Å². The van der Waals surface area contributed by atoms with E-state index in [0.717, 1.165) is 75.1 Å². The predicted molar refractivity (Wildman–Crippen MR) is 338 cm³/mol. The zero-order valence-corrected chi connectivity index (χ0v) is 53.2. The maximum absolute atomic E-state index is 5.75. The molecule has 19 aliphatic rings. The fraction of sp³-hybridized carbons (Fsp3) is 0.680. The van der Waals surface area contributed by atoms with E-state index < -0.39 is 0 Å². The third-order valence-electron chi connectivity index (χ3n) is 21.2. The van der Waals surface area contributed by atoms with Crippen LogP contribution in [0.15, 0.2) is 110 Å². The lowest BCUT2D eigenvalue weighted by atomic mass is 9.46. The molecule has 10 aliphatic heterocycles. The van der Waals surface area contributed by atoms with E-state index in [9.17, 15) is 0 Å². The summed E-state index contributed by atoms with van der Waals surface area (Å²) in [6, 6.07) is 27.6. The number of allylic oxidation sites excluding steroid dienone is 2. The number of hydrogen-bond acceptors (Lipinski definition) is 10. The molecule has 0 amide bonds. The lowest BCUT2D eigenvalue weighted by Crippen LogP contribution is -2.56. The summed E-state index contributed by atoms with van der Waals surface area (Å²) in [4.78, 5) is 0. The second-order valence-electron chi connectivity index (χ2n) is 28.3. The molecule has 3 aromatic carbocycles. The fourth-order valence-corrected chi connectivity index (χ4v) is 14.1. The van der Waals surface area contributed by atoms with Gasteiger partial charge in [0.15, 0.2) is 0 Å². The molecule has 2 bridgehead atoms. The van der Waals surface area contributed by atoms with Gasteiger partial charge in [-0.1, -0.05) is 150 Å². The fourth-order valence-electron chi connectivity index (χ4n) is 14.1. The molecule has 85 heavy (non-hydrogen) atoms. The largest absolute Gasteiger partial charge is 0.377 e. The van der Waals surface area contributed by atoms with Crippen LogP contribution in [0.4, 0.5) is 0 Å². The quantitative estimate of drug-likeness (QED) is 0.180. The Balaban J connectivity index is 0.0000000990. The highest BCUT2D eigenvalue weighted by molar-refractivity contribution is 5.60. The average Bonchev–Trinajstić information content (AvgIpc) is 1.54. The van der Waals surface area contributed by atoms with Crippen LogP contribution < -0.4 is 0 Å². The number of benzene rings is 3. The Morgan fingerprint density at radius 3 is 1.79 bits per heavy atom. The van der Waals surface area contributed by atoms with Gasteiger partial charge in [0, 0.05) is 0 Å². The van der Waals surface area contributed by atoms with Crippen molar-refractivity contribution < 1.29 is 47.4 Å². The monoisotopic (exact) mass is 1170 g/mol. The Morgan fingerprint density at radius 2 is 1.27 bits per heavy atom. The Hall–Kier alpha value is -3.52. The van der Waals surface area contributed by atoms with Gasteiger partial charge in [0.2, 0.25) is 0 Å². The van der Waals surface area contributed by atoms with E-state index in [4.69, 9.17) is 42.6 Å². The van der Waals surface area contributed by atoms with Crippen molar-refractivity contribution in [2.45, 2.75) is 248 Å². The van der Waals surface area contributed by atoms with Crippen LogP contribution in [0.5, 0.6) is 0 Å². The van der Waals surface area contributed by atoms with Crippen molar-refractivity contribution >= 4 is 6.08 Å². The van der Waals surface area contributed by atoms with Crippen molar-refractivity contribution in [2.24, 2.45) is 35.0 Å². The first-order valence-corrected chi connectivity index (χ1v) is 33.7. The molecule has 3 aromatic rings. The molecular weight excluding hydrogens is 1060 g/mol. The SMILES string of the molecule is C1=CC2OC2c2ccccc21.C1CCC2OC2C1.C1CO1.C=C(C)C1CCC2(C)OC2C1.C=CC1CCC2OC2C1.CC1(C)C2CC3OC3(C)C1C2.CC1CO1.CCC1CO1.CCC1CO1.c1ccc(C2CO2)cc1.c1ccc2c(c1)CC1CC21. The second-order valence-corrected chi connectivity index (χ2v) is 28.3. The van der Waals surface area contributed by atoms with Gasteiger partial charge in [0.1, 0.15) is 18.3 Å². The second kappa shape index (κ2) is 28.1. The van der Waals surface area contributed by atoms with Gasteiger partial charge in [-0.25, -0.2) is 0 Å². The van der Waals surface area contributed by atoms with Crippen molar-refractivity contribution in [2.75, 3.05) is 39.6 Å². The molecule has 10 nitrogen and oxygen atoms in total. The van der Waals surface area contributed by atoms with Crippen molar-refractivity contribution in [1.82, 2.24) is 0 Å². The van der Waals surface area contributed by atoms with Gasteiger partial charge in [-0.15, -0.1) is 6.58 Å². The summed E-state index contributed by atoms with van der Waals surface area (Å²) in [6.07, 6.45) is 34.2. The summed E-state index contributed by atoms with van der Waals surface area (Å²) < 4.78 is 51.4. The molecular formula is C75H106O10. The van der Waals surface area contributed by atoms with Crippen LogP contribution in [0.25, 0.3) is 6.08 Å². The van der Waals surface area contributed by atoms with Crippen molar-refractivity contribution in [3.8, 4) is 0 Å². The number of epoxide rings is 10. The van der Waals surface area contributed by atoms with E-state index in [-0.39, 0.29) is 5.60 Å². The Morgan fingerprint density at radius 1 is 0.647 bits per heavy atom. The van der Waals surface area contributed by atoms with Gasteiger partial charge < -0.3 is 47.4 Å². The number of fused-ring (bicyclic) bond motifs is 9. The van der Waals surface area contributed by atoms with Gasteiger partial charge in [-0.3, -0.25) is 0 Å². The Bertz CT molecular complexity index is 2620. The maximum atomic E-state index is 5.75. The van der Waals surface area contributed by atoms with Crippen LogP contribution in [0.2, 0.25) is 0 Å². The van der Waals surface area contributed by atoms with Gasteiger partial charge in [-0.05, 0) is 186 Å². The zero-order chi connectivity index (χ0) is 59.3. The summed E-state index contributed by atoms with van der Waals surface area (Å²) in [5.74, 6) is 5.31. The molecule has 10 saturated heterocycles. The molecule has 17 fully saturated rings. The molecule has 0 N–H and O–H groups in total. The van der Waals surface area contributed by atoms with Crippen molar-refractivity contribution in [1.29, 1.82) is 0 Å². The average molecular weight is 1170 g/mol. The standard InChI is InChI=1S/C10H16O.C10H8O.C10H16O.C10H10.C8H12O.C8H8O.C6H10O.2C4H8O.C3H6O.C2H4O/c1-9(2)6-4-7(9)10(3)8(5-6)11-10;1-2-4-8-7(3-1)5-6-9-10(8)11-9;1-7(2)8-4-5-10(3)9(6-8)11-10;1-2-4-9-7(3-1)5-8-6-10(8)9;1-2-6-3-4-7-8(5-6)9-7;1-2-4-7(5-3-1)8-6-9-8;1-2-4-6-5(3-1)7-6;2*1-2-4-3-5-4;1-3-2-4-3;1-2-3-1/h6-8H,4-5H2,1-3H3;1-6,9-10H;8-9H,1,4-6H2,2-3H3;1-4,8,10H,5-6H2;2,6-8H,1,3-5H2;1-5,8H,6H2;5-6H,1-4H2;2*4H,2-3H2,1H3;3H,2H2,1H3;1-2H2. The molecule has 10 heterocycles. The molecule has 10 heteroatoms. The highest BCUT2D eigenvalue weighted by atomic mass is 16.6. The first-order valence-electron chi connectivity index (χ1n) is 33.7. The maximum Gasteiger partial charge on any atom is 0.114 e. The van der Waals surface area contributed by atoms with Crippen LogP contribution in [0, 0.1) is 35.0 Å². The molecule has 0 spiro atoms. The molecule has 20 atom stereocenters. The van der Waals surface area contributed by atoms with Crippen LogP contribution in [-0.4, -0.2) is 112 Å². The summed E-state index contributed by atoms with van der Waals surface area (Å²) in [5.41, 5.74) is 9.72. The Kier molecular flexibility index (Phi) is 20.9. The van der Waals surface area contributed by atoms with Crippen molar-refractivity contribution in [3.63, 3.8) is 0 Å². The minimum atomic E-state index is 0.270. The molecule has 7 saturated carbocycles. The lowest BCUT2D eigenvalue weighted by molar-refractivity contribution is -0.0789. The van der Waals surface area contributed by atoms with Gasteiger partial charge in [0.25, 0.3) is 0 Å². The number of hydrogen-bond donors (Lipinski definition) is 0. The van der Waals surface area contributed by atoms with E-state index in [1.165, 1.54) is 125 Å². The summed E-state index contributed by atoms with van der Waals surface area (Å²) >= 11 is 0. The topological polar surface area (TPSA) is 125 Å². The van der Waals surface area contributed by atoms with E-state index in [1.54, 1.807) is 11.1 Å². The predicted octanol–water partition coefficient (Wildman–Crippen LogP) is 16.1. The summed E-state index contributed by atoms with van der Waals surface area (Å²) in [6.45, 7) is 31.5. The molecule has 466 valence electrons. The molecule has 0 radical (unpaired) electrons. The zero-order valence-electron chi connectivity index (χ0n) is 53.2. The summed E-state index contributed by atoms with van der Waals surface area (Å²) in [7, 11) is 0. The van der Waals surface area contributed by atoms with Crippen LogP contribution in [0.1, 0.15) is 198 Å². The van der Waals surface area contributed by atoms with E-state index >= 15 is 0 Å².